The van der Waals surface area contributed by atoms with Crippen LogP contribution in [0.25, 0.3) is 22.1 Å². The summed E-state index contributed by atoms with van der Waals surface area (Å²) in [7, 11) is 0. The minimum Gasteiger partial charge on any atom is -0.390 e. The molecule has 0 spiro atoms. The molecule has 10 heteroatoms. The van der Waals surface area contributed by atoms with Gasteiger partial charge < -0.3 is 25.6 Å². The standard InChI is InChI=1S/C24H21Cl2N5O3/c25-18-3-4-20(22-21(18)23(27)30-34-22)31-8-6-15(11-31)29-24(33)17-2-1-13(10-19(17)26)14-5-7-28-16(9-14)12-32/h1-5,7,9-10,15,32H,6,8,11-12H2,(H2,27,30)(H,29,33)/t15-/m1/s1. The summed E-state index contributed by atoms with van der Waals surface area (Å²) in [6, 6.07) is 12.5. The van der Waals surface area contributed by atoms with E-state index in [9.17, 15) is 9.90 Å². The van der Waals surface area contributed by atoms with E-state index in [4.69, 9.17) is 33.5 Å². The summed E-state index contributed by atoms with van der Waals surface area (Å²) in [5.74, 6) is 0.0164. The van der Waals surface area contributed by atoms with E-state index in [1.165, 1.54) is 0 Å². The van der Waals surface area contributed by atoms with E-state index in [0.29, 0.717) is 38.8 Å². The Labute approximate surface area is 205 Å². The van der Waals surface area contributed by atoms with Crippen molar-refractivity contribution in [3.63, 3.8) is 0 Å². The molecule has 2 aromatic heterocycles. The molecule has 4 N–H and O–H groups in total. The van der Waals surface area contributed by atoms with Gasteiger partial charge >= 0.3 is 0 Å². The molecule has 1 atom stereocenters. The number of nitrogen functional groups attached to an aromatic ring is 1. The number of hydrogen-bond acceptors (Lipinski definition) is 7. The zero-order valence-corrected chi connectivity index (χ0v) is 19.5. The molecule has 34 heavy (non-hydrogen) atoms. The normalized spacial score (nSPS) is 15.7. The molecule has 0 saturated carbocycles. The van der Waals surface area contributed by atoms with Gasteiger partial charge in [-0.2, -0.15) is 0 Å². The maximum absolute atomic E-state index is 13.0. The number of amides is 1. The number of nitrogens with one attached hydrogen (secondary N) is 1. The number of aromatic nitrogens is 2. The first-order valence-electron chi connectivity index (χ1n) is 10.7. The lowest BCUT2D eigenvalue weighted by molar-refractivity contribution is 0.0940. The second-order valence-corrected chi connectivity index (χ2v) is 8.95. The third kappa shape index (κ3) is 4.16. The van der Waals surface area contributed by atoms with Crippen LogP contribution < -0.4 is 16.0 Å². The molecule has 0 bridgehead atoms. The molecule has 1 aliphatic heterocycles. The van der Waals surface area contributed by atoms with Crippen LogP contribution in [0.3, 0.4) is 0 Å². The van der Waals surface area contributed by atoms with Gasteiger partial charge in [0.15, 0.2) is 11.4 Å². The predicted octanol–water partition coefficient (Wildman–Crippen LogP) is 4.28. The smallest absolute Gasteiger partial charge is 0.253 e. The minimum absolute atomic E-state index is 0.0680. The van der Waals surface area contributed by atoms with E-state index in [1.807, 2.05) is 18.2 Å². The lowest BCUT2D eigenvalue weighted by Gasteiger charge is -2.19. The second-order valence-electron chi connectivity index (χ2n) is 8.13. The van der Waals surface area contributed by atoms with Crippen molar-refractivity contribution in [1.82, 2.24) is 15.5 Å². The quantitative estimate of drug-likeness (QED) is 0.376. The van der Waals surface area contributed by atoms with Gasteiger partial charge in [0.05, 0.1) is 39.0 Å². The zero-order chi connectivity index (χ0) is 23.8. The summed E-state index contributed by atoms with van der Waals surface area (Å²) in [5, 5.41) is 17.6. The Morgan fingerprint density at radius 3 is 2.79 bits per heavy atom. The van der Waals surface area contributed by atoms with Crippen LogP contribution in [0.1, 0.15) is 22.5 Å². The Hall–Kier alpha value is -3.33. The summed E-state index contributed by atoms with van der Waals surface area (Å²) in [4.78, 5) is 19.2. The van der Waals surface area contributed by atoms with Crippen LogP contribution in [0.5, 0.6) is 0 Å². The number of anilines is 2. The Balaban J connectivity index is 1.30. The topological polar surface area (TPSA) is 118 Å². The van der Waals surface area contributed by atoms with Gasteiger partial charge in [0, 0.05) is 25.3 Å². The van der Waals surface area contributed by atoms with Gasteiger partial charge in [-0.3, -0.25) is 9.78 Å². The van der Waals surface area contributed by atoms with Crippen LogP contribution in [-0.2, 0) is 6.61 Å². The number of nitrogens with zero attached hydrogens (tertiary/aromatic N) is 3. The summed E-state index contributed by atoms with van der Waals surface area (Å²) in [6.45, 7) is 1.18. The van der Waals surface area contributed by atoms with Crippen molar-refractivity contribution in [3.05, 3.63) is 70.0 Å². The highest BCUT2D eigenvalue weighted by Crippen LogP contribution is 2.37. The maximum Gasteiger partial charge on any atom is 0.253 e. The number of fused-ring (bicyclic) bond motifs is 1. The number of halogens is 2. The van der Waals surface area contributed by atoms with E-state index in [2.05, 4.69) is 20.4 Å². The highest BCUT2D eigenvalue weighted by atomic mass is 35.5. The molecule has 2 aromatic carbocycles. The van der Waals surface area contributed by atoms with E-state index in [1.54, 1.807) is 30.5 Å². The van der Waals surface area contributed by atoms with Crippen LogP contribution >= 0.6 is 23.2 Å². The highest BCUT2D eigenvalue weighted by molar-refractivity contribution is 6.36. The van der Waals surface area contributed by atoms with E-state index in [-0.39, 0.29) is 24.4 Å². The maximum atomic E-state index is 13.0. The van der Waals surface area contributed by atoms with Crippen molar-refractivity contribution in [3.8, 4) is 11.1 Å². The molecule has 4 aromatic rings. The van der Waals surface area contributed by atoms with E-state index >= 15 is 0 Å². The third-order valence-corrected chi connectivity index (χ3v) is 6.59. The lowest BCUT2D eigenvalue weighted by atomic mass is 10.0. The van der Waals surface area contributed by atoms with E-state index in [0.717, 1.165) is 29.8 Å². The number of nitrogens with two attached hydrogens (primary N) is 1. The second kappa shape index (κ2) is 9.13. The Bertz CT molecular complexity index is 1390. The molecule has 0 unspecified atom stereocenters. The van der Waals surface area contributed by atoms with Crippen molar-refractivity contribution in [1.29, 1.82) is 0 Å². The van der Waals surface area contributed by atoms with Gasteiger partial charge in [0.25, 0.3) is 5.91 Å². The summed E-state index contributed by atoms with van der Waals surface area (Å²) in [5.41, 5.74) is 9.92. The molecule has 1 amide bonds. The van der Waals surface area contributed by atoms with Gasteiger partial charge in [-0.15, -0.1) is 0 Å². The Kier molecular flexibility index (Phi) is 6.03. The summed E-state index contributed by atoms with van der Waals surface area (Å²) in [6.07, 6.45) is 2.39. The first-order chi connectivity index (χ1) is 16.4. The fourth-order valence-corrected chi connectivity index (χ4v) is 4.76. The molecule has 174 valence electrons. The number of pyridine rings is 1. The molecule has 8 nitrogen and oxygen atoms in total. The molecule has 1 saturated heterocycles. The first kappa shape index (κ1) is 22.5. The molecule has 0 radical (unpaired) electrons. The Morgan fingerprint density at radius 1 is 1.18 bits per heavy atom. The van der Waals surface area contributed by atoms with Crippen molar-refractivity contribution in [2.45, 2.75) is 19.1 Å². The van der Waals surface area contributed by atoms with Crippen molar-refractivity contribution >= 4 is 51.6 Å². The number of carbonyl (C=O) groups excluding carboxylic acids is 1. The van der Waals surface area contributed by atoms with Crippen LogP contribution in [-0.4, -0.2) is 40.3 Å². The minimum atomic E-state index is -0.237. The third-order valence-electron chi connectivity index (χ3n) is 5.97. The average molecular weight is 498 g/mol. The molecular weight excluding hydrogens is 477 g/mol. The SMILES string of the molecule is Nc1noc2c(N3CC[C@@H](NC(=O)c4ccc(-c5ccnc(CO)c5)cc4Cl)C3)ccc(Cl)c12. The first-order valence-corrected chi connectivity index (χ1v) is 11.4. The molecule has 1 fully saturated rings. The van der Waals surface area contributed by atoms with Crippen molar-refractivity contribution in [2.75, 3.05) is 23.7 Å². The summed E-state index contributed by atoms with van der Waals surface area (Å²) >= 11 is 12.7. The van der Waals surface area contributed by atoms with Crippen LogP contribution in [0, 0.1) is 0 Å². The largest absolute Gasteiger partial charge is 0.390 e. The van der Waals surface area contributed by atoms with Gasteiger partial charge in [0.2, 0.25) is 0 Å². The fourth-order valence-electron chi connectivity index (χ4n) is 4.25. The number of benzene rings is 2. The monoisotopic (exact) mass is 497 g/mol. The number of rotatable bonds is 5. The molecule has 0 aliphatic carbocycles. The number of aliphatic hydroxyl groups excluding tert-OH is 1. The fraction of sp³-hybridized carbons (Fsp3) is 0.208. The average Bonchev–Trinajstić information content (AvgIpc) is 3.46. The van der Waals surface area contributed by atoms with Gasteiger partial charge in [0.1, 0.15) is 0 Å². The molecule has 5 rings (SSSR count). The van der Waals surface area contributed by atoms with Crippen LogP contribution in [0.2, 0.25) is 10.0 Å². The Morgan fingerprint density at radius 2 is 2.00 bits per heavy atom. The van der Waals surface area contributed by atoms with Crippen molar-refractivity contribution < 1.29 is 14.4 Å². The van der Waals surface area contributed by atoms with Gasteiger partial charge in [-0.05, 0) is 53.9 Å². The van der Waals surface area contributed by atoms with Crippen LogP contribution in [0.4, 0.5) is 11.5 Å². The van der Waals surface area contributed by atoms with Gasteiger partial charge in [-0.1, -0.05) is 34.4 Å². The van der Waals surface area contributed by atoms with Crippen LogP contribution in [0.15, 0.2) is 53.2 Å². The molecule has 3 heterocycles. The number of aliphatic hydroxyl groups is 1. The lowest BCUT2D eigenvalue weighted by Crippen LogP contribution is -2.37. The van der Waals surface area contributed by atoms with E-state index < -0.39 is 0 Å². The molecular formula is C24H21Cl2N5O3. The molecule has 1 aliphatic rings. The predicted molar refractivity (Wildman–Crippen MR) is 132 cm³/mol. The van der Waals surface area contributed by atoms with Crippen molar-refractivity contribution in [2.24, 2.45) is 0 Å². The highest BCUT2D eigenvalue weighted by Gasteiger charge is 2.28. The summed E-state index contributed by atoms with van der Waals surface area (Å²) < 4.78 is 5.41. The number of carbonyl (C=O) groups is 1. The zero-order valence-electron chi connectivity index (χ0n) is 18.0. The number of hydrogen-bond donors (Lipinski definition) is 3. The van der Waals surface area contributed by atoms with Gasteiger partial charge in [-0.25, -0.2) is 0 Å².